The predicted molar refractivity (Wildman–Crippen MR) is 101 cm³/mol. The summed E-state index contributed by atoms with van der Waals surface area (Å²) in [6.45, 7) is 5.93. The van der Waals surface area contributed by atoms with E-state index in [1.807, 2.05) is 24.3 Å². The van der Waals surface area contributed by atoms with Crippen molar-refractivity contribution in [2.24, 2.45) is 0 Å². The van der Waals surface area contributed by atoms with Crippen LogP contribution in [-0.2, 0) is 9.84 Å². The summed E-state index contributed by atoms with van der Waals surface area (Å²) in [5.74, 6) is 0.721. The van der Waals surface area contributed by atoms with E-state index in [4.69, 9.17) is 4.74 Å². The fourth-order valence-electron chi connectivity index (χ4n) is 2.59. The third-order valence-electron chi connectivity index (χ3n) is 3.85. The van der Waals surface area contributed by atoms with E-state index in [9.17, 15) is 8.42 Å². The average Bonchev–Trinajstić information content (AvgIpc) is 2.65. The fraction of sp³-hybridized carbons (Fsp3) is 0.200. The minimum atomic E-state index is -3.61. The standard InChI is InChI=1S/C20H23NO3S/c1-4-15-21-20(16-11-13-17(24-3)14-12-16)19(5-2)25(22,23)18-9-7-6-8-10-18/h4-14,20-21H,1,15H2,2-3H3/b19-5-/t20-/m1/s1. The molecule has 0 heterocycles. The van der Waals surface area contributed by atoms with Crippen LogP contribution in [0.1, 0.15) is 18.5 Å². The number of hydrogen-bond acceptors (Lipinski definition) is 4. The normalized spacial score (nSPS) is 13.3. The molecule has 0 spiro atoms. The molecule has 132 valence electrons. The lowest BCUT2D eigenvalue weighted by molar-refractivity contribution is 0.414. The van der Waals surface area contributed by atoms with Crippen LogP contribution in [0.2, 0.25) is 0 Å². The van der Waals surface area contributed by atoms with E-state index in [1.165, 1.54) is 0 Å². The second-order valence-electron chi connectivity index (χ2n) is 5.41. The summed E-state index contributed by atoms with van der Waals surface area (Å²) >= 11 is 0. The highest BCUT2D eigenvalue weighted by atomic mass is 32.2. The van der Waals surface area contributed by atoms with Gasteiger partial charge in [-0.25, -0.2) is 8.42 Å². The Kier molecular flexibility index (Phi) is 6.56. The minimum absolute atomic E-state index is 0.280. The van der Waals surface area contributed by atoms with Crippen LogP contribution in [0.5, 0.6) is 5.75 Å². The molecule has 4 nitrogen and oxygen atoms in total. The molecule has 2 rings (SSSR count). The van der Waals surface area contributed by atoms with Crippen molar-refractivity contribution in [2.75, 3.05) is 13.7 Å². The van der Waals surface area contributed by atoms with Crippen LogP contribution in [0.25, 0.3) is 0 Å². The van der Waals surface area contributed by atoms with Gasteiger partial charge in [0.05, 0.1) is 23.0 Å². The van der Waals surface area contributed by atoms with Gasteiger partial charge in [0.2, 0.25) is 9.84 Å². The summed E-state index contributed by atoms with van der Waals surface area (Å²) in [5.41, 5.74) is 0.843. The first-order chi connectivity index (χ1) is 12.0. The molecule has 0 aliphatic carbocycles. The number of ether oxygens (including phenoxy) is 1. The molecule has 5 heteroatoms. The molecule has 0 unspecified atom stereocenters. The molecule has 1 N–H and O–H groups in total. The van der Waals surface area contributed by atoms with Crippen molar-refractivity contribution in [3.8, 4) is 5.75 Å². The summed E-state index contributed by atoms with van der Waals surface area (Å²) in [6, 6.07) is 15.4. The summed E-state index contributed by atoms with van der Waals surface area (Å²) in [6.07, 6.45) is 3.35. The number of rotatable bonds is 8. The van der Waals surface area contributed by atoms with Crippen LogP contribution in [-0.4, -0.2) is 22.1 Å². The number of allylic oxidation sites excluding steroid dienone is 1. The lowest BCUT2D eigenvalue weighted by Crippen LogP contribution is -2.27. The van der Waals surface area contributed by atoms with Crippen molar-refractivity contribution >= 4 is 9.84 Å². The molecule has 25 heavy (non-hydrogen) atoms. The van der Waals surface area contributed by atoms with Gasteiger partial charge in [-0.15, -0.1) is 6.58 Å². The Bertz CT molecular complexity index is 825. The molecular formula is C20H23NO3S. The maximum absolute atomic E-state index is 13.1. The lowest BCUT2D eigenvalue weighted by atomic mass is 10.1. The molecule has 2 aromatic carbocycles. The molecule has 0 bridgehead atoms. The van der Waals surface area contributed by atoms with Crippen molar-refractivity contribution in [3.05, 3.63) is 83.8 Å². The molecule has 0 saturated carbocycles. The summed E-state index contributed by atoms with van der Waals surface area (Å²) in [7, 11) is -2.01. The first kappa shape index (κ1) is 19.0. The summed E-state index contributed by atoms with van der Waals surface area (Å²) < 4.78 is 31.4. The van der Waals surface area contributed by atoms with E-state index in [0.717, 1.165) is 11.3 Å². The van der Waals surface area contributed by atoms with Gasteiger partial charge in [-0.2, -0.15) is 0 Å². The SMILES string of the molecule is C=CCN[C@@H](/C(=C/C)S(=O)(=O)c1ccccc1)c1ccc(OC)cc1. The smallest absolute Gasteiger partial charge is 0.204 e. The number of hydrogen-bond donors (Lipinski definition) is 1. The molecule has 2 aromatic rings. The van der Waals surface area contributed by atoms with E-state index >= 15 is 0 Å². The maximum Gasteiger partial charge on any atom is 0.204 e. The van der Waals surface area contributed by atoms with E-state index < -0.39 is 15.9 Å². The third kappa shape index (κ3) is 4.38. The number of sulfone groups is 1. The Morgan fingerprint density at radius 1 is 1.16 bits per heavy atom. The van der Waals surface area contributed by atoms with Crippen molar-refractivity contribution in [2.45, 2.75) is 17.9 Å². The monoisotopic (exact) mass is 357 g/mol. The van der Waals surface area contributed by atoms with Gasteiger partial charge in [0.15, 0.2) is 0 Å². The van der Waals surface area contributed by atoms with Crippen LogP contribution in [0.4, 0.5) is 0 Å². The number of methoxy groups -OCH3 is 1. The Balaban J connectivity index is 2.48. The second kappa shape index (κ2) is 8.65. The molecule has 0 aromatic heterocycles. The minimum Gasteiger partial charge on any atom is -0.497 e. The van der Waals surface area contributed by atoms with Gasteiger partial charge >= 0.3 is 0 Å². The Labute approximate surface area is 149 Å². The quantitative estimate of drug-likeness (QED) is 0.728. The fourth-order valence-corrected chi connectivity index (χ4v) is 4.22. The second-order valence-corrected chi connectivity index (χ2v) is 7.36. The van der Waals surface area contributed by atoms with Gasteiger partial charge in [-0.3, -0.25) is 0 Å². The van der Waals surface area contributed by atoms with Crippen LogP contribution in [0.15, 0.2) is 83.1 Å². The molecule has 0 aliphatic rings. The topological polar surface area (TPSA) is 55.4 Å². The van der Waals surface area contributed by atoms with Crippen molar-refractivity contribution < 1.29 is 13.2 Å². The van der Waals surface area contributed by atoms with Gasteiger partial charge in [0, 0.05) is 6.54 Å². The first-order valence-electron chi connectivity index (χ1n) is 7.99. The first-order valence-corrected chi connectivity index (χ1v) is 9.47. The highest BCUT2D eigenvalue weighted by molar-refractivity contribution is 7.95. The number of nitrogens with one attached hydrogen (secondary N) is 1. The Morgan fingerprint density at radius 2 is 1.80 bits per heavy atom. The van der Waals surface area contributed by atoms with Gasteiger partial charge in [0.1, 0.15) is 5.75 Å². The van der Waals surface area contributed by atoms with Crippen molar-refractivity contribution in [1.82, 2.24) is 5.32 Å². The van der Waals surface area contributed by atoms with E-state index in [2.05, 4.69) is 11.9 Å². The molecular weight excluding hydrogens is 334 g/mol. The zero-order valence-electron chi connectivity index (χ0n) is 14.5. The highest BCUT2D eigenvalue weighted by Crippen LogP contribution is 2.31. The average molecular weight is 357 g/mol. The molecule has 0 saturated heterocycles. The molecule has 1 atom stereocenters. The maximum atomic E-state index is 13.1. The molecule has 0 fully saturated rings. The van der Waals surface area contributed by atoms with E-state index in [-0.39, 0.29) is 4.90 Å². The van der Waals surface area contributed by atoms with Crippen LogP contribution in [0.3, 0.4) is 0 Å². The zero-order chi connectivity index (χ0) is 18.3. The van der Waals surface area contributed by atoms with Gasteiger partial charge < -0.3 is 10.1 Å². The largest absolute Gasteiger partial charge is 0.497 e. The summed E-state index contributed by atoms with van der Waals surface area (Å²) in [5, 5.41) is 3.24. The van der Waals surface area contributed by atoms with Crippen LogP contribution in [0, 0.1) is 0 Å². The van der Waals surface area contributed by atoms with Gasteiger partial charge in [-0.05, 0) is 36.8 Å². The Morgan fingerprint density at radius 3 is 2.32 bits per heavy atom. The predicted octanol–water partition coefficient (Wildman–Crippen LogP) is 3.89. The number of benzene rings is 2. The van der Waals surface area contributed by atoms with Gasteiger partial charge in [0.25, 0.3) is 0 Å². The van der Waals surface area contributed by atoms with E-state index in [0.29, 0.717) is 11.4 Å². The van der Waals surface area contributed by atoms with Crippen LogP contribution >= 0.6 is 0 Å². The Hall–Kier alpha value is -2.37. The van der Waals surface area contributed by atoms with Crippen molar-refractivity contribution in [1.29, 1.82) is 0 Å². The summed E-state index contributed by atoms with van der Waals surface area (Å²) in [4.78, 5) is 0.590. The van der Waals surface area contributed by atoms with E-state index in [1.54, 1.807) is 56.5 Å². The van der Waals surface area contributed by atoms with Crippen LogP contribution < -0.4 is 10.1 Å². The third-order valence-corrected chi connectivity index (χ3v) is 5.83. The van der Waals surface area contributed by atoms with Crippen molar-refractivity contribution in [3.63, 3.8) is 0 Å². The molecule has 0 radical (unpaired) electrons. The molecule has 0 aliphatic heterocycles. The zero-order valence-corrected chi connectivity index (χ0v) is 15.3. The molecule has 0 amide bonds. The highest BCUT2D eigenvalue weighted by Gasteiger charge is 2.28. The lowest BCUT2D eigenvalue weighted by Gasteiger charge is -2.22. The van der Waals surface area contributed by atoms with Gasteiger partial charge in [-0.1, -0.05) is 42.5 Å².